The first-order valence-electron chi connectivity index (χ1n) is 5.85. The van der Waals surface area contributed by atoms with Crippen molar-refractivity contribution in [3.8, 4) is 0 Å². The van der Waals surface area contributed by atoms with Crippen LogP contribution in [0.15, 0.2) is 36.4 Å². The van der Waals surface area contributed by atoms with Crippen LogP contribution in [0.3, 0.4) is 0 Å². The number of hydrogen-bond donors (Lipinski definition) is 2. The summed E-state index contributed by atoms with van der Waals surface area (Å²) in [6.07, 6.45) is 5.60. The van der Waals surface area contributed by atoms with E-state index in [0.29, 0.717) is 0 Å². The van der Waals surface area contributed by atoms with Gasteiger partial charge in [-0.15, -0.1) is 0 Å². The minimum atomic E-state index is -0.560. The predicted molar refractivity (Wildman–Crippen MR) is 62.0 cm³/mol. The van der Waals surface area contributed by atoms with Crippen molar-refractivity contribution in [1.29, 1.82) is 0 Å². The number of allylic oxidation sites excluding steroid dienone is 1. The van der Waals surface area contributed by atoms with Crippen LogP contribution in [0.2, 0.25) is 0 Å². The van der Waals surface area contributed by atoms with Gasteiger partial charge in [0.15, 0.2) is 0 Å². The summed E-state index contributed by atoms with van der Waals surface area (Å²) in [5.74, 6) is 0.272. The molecule has 0 bridgehead atoms. The summed E-state index contributed by atoms with van der Waals surface area (Å²) >= 11 is 0. The average Bonchev–Trinajstić information content (AvgIpc) is 2.62. The normalized spacial score (nSPS) is 35.9. The van der Waals surface area contributed by atoms with E-state index in [1.165, 1.54) is 5.56 Å². The first kappa shape index (κ1) is 10.1. The third-order valence-electron chi connectivity index (χ3n) is 4.15. The Labute approximate surface area is 95.2 Å². The van der Waals surface area contributed by atoms with Crippen LogP contribution in [0.1, 0.15) is 36.0 Å². The molecule has 1 aromatic carbocycles. The van der Waals surface area contributed by atoms with Crippen LogP contribution in [-0.4, -0.2) is 16.8 Å². The number of aliphatic hydroxyl groups is 2. The molecule has 2 aliphatic rings. The van der Waals surface area contributed by atoms with Gasteiger partial charge in [-0.25, -0.2) is 0 Å². The number of fused-ring (bicyclic) bond motifs is 3. The molecular formula is C14H16O2. The largest absolute Gasteiger partial charge is 0.395 e. The van der Waals surface area contributed by atoms with Gasteiger partial charge in [-0.3, -0.25) is 0 Å². The second kappa shape index (κ2) is 3.44. The molecule has 84 valence electrons. The van der Waals surface area contributed by atoms with Crippen molar-refractivity contribution in [3.63, 3.8) is 0 Å². The fourth-order valence-corrected chi connectivity index (χ4v) is 3.29. The summed E-state index contributed by atoms with van der Waals surface area (Å²) in [6, 6.07) is 8.02. The topological polar surface area (TPSA) is 40.5 Å². The van der Waals surface area contributed by atoms with Gasteiger partial charge in [0, 0.05) is 5.41 Å². The van der Waals surface area contributed by atoms with Gasteiger partial charge < -0.3 is 10.2 Å². The average molecular weight is 216 g/mol. The van der Waals surface area contributed by atoms with Gasteiger partial charge >= 0.3 is 0 Å². The highest BCUT2D eigenvalue weighted by molar-refractivity contribution is 5.44. The molecule has 2 aliphatic carbocycles. The standard InChI is InChI=1S/C14H16O2/c15-9-14-8-4-3-7-12(14)10-5-1-2-6-11(10)13(14)16/h1-2,4-6,8,12-13,15-16H,3,7,9H2/t12-,13+,14+/m0/s1. The zero-order chi connectivity index (χ0) is 11.2. The Hall–Kier alpha value is -1.12. The van der Waals surface area contributed by atoms with Crippen molar-refractivity contribution in [3.05, 3.63) is 47.5 Å². The van der Waals surface area contributed by atoms with Gasteiger partial charge in [-0.2, -0.15) is 0 Å². The number of benzene rings is 1. The molecule has 16 heavy (non-hydrogen) atoms. The predicted octanol–water partition coefficient (Wildman–Crippen LogP) is 2.15. The lowest BCUT2D eigenvalue weighted by Crippen LogP contribution is -2.33. The molecule has 2 N–H and O–H groups in total. The highest BCUT2D eigenvalue weighted by Crippen LogP contribution is 2.58. The molecule has 3 rings (SSSR count). The highest BCUT2D eigenvalue weighted by atomic mass is 16.3. The van der Waals surface area contributed by atoms with Gasteiger partial charge in [0.1, 0.15) is 0 Å². The summed E-state index contributed by atoms with van der Waals surface area (Å²) < 4.78 is 0. The van der Waals surface area contributed by atoms with E-state index in [2.05, 4.69) is 12.1 Å². The Morgan fingerprint density at radius 3 is 2.75 bits per heavy atom. The number of aliphatic hydroxyl groups excluding tert-OH is 2. The summed E-state index contributed by atoms with van der Waals surface area (Å²) in [4.78, 5) is 0. The van der Waals surface area contributed by atoms with Gasteiger partial charge in [-0.1, -0.05) is 36.4 Å². The molecule has 2 heteroatoms. The number of hydrogen-bond acceptors (Lipinski definition) is 2. The van der Waals surface area contributed by atoms with E-state index in [9.17, 15) is 10.2 Å². The minimum Gasteiger partial charge on any atom is -0.395 e. The minimum absolute atomic E-state index is 0.0179. The molecule has 0 saturated carbocycles. The lowest BCUT2D eigenvalue weighted by Gasteiger charge is -2.36. The zero-order valence-corrected chi connectivity index (χ0v) is 9.13. The maximum Gasteiger partial charge on any atom is 0.0911 e. The fraction of sp³-hybridized carbons (Fsp3) is 0.429. The van der Waals surface area contributed by atoms with Crippen LogP contribution in [-0.2, 0) is 0 Å². The Morgan fingerprint density at radius 2 is 2.00 bits per heavy atom. The zero-order valence-electron chi connectivity index (χ0n) is 9.13. The van der Waals surface area contributed by atoms with E-state index in [-0.39, 0.29) is 12.5 Å². The molecule has 0 spiro atoms. The van der Waals surface area contributed by atoms with Crippen molar-refractivity contribution >= 4 is 0 Å². The van der Waals surface area contributed by atoms with Gasteiger partial charge in [0.05, 0.1) is 12.7 Å². The van der Waals surface area contributed by atoms with Crippen molar-refractivity contribution < 1.29 is 10.2 Å². The Kier molecular flexibility index (Phi) is 2.16. The van der Waals surface area contributed by atoms with E-state index < -0.39 is 11.5 Å². The maximum absolute atomic E-state index is 10.4. The third-order valence-corrected chi connectivity index (χ3v) is 4.15. The van der Waals surface area contributed by atoms with E-state index in [1.54, 1.807) is 0 Å². The van der Waals surface area contributed by atoms with E-state index in [4.69, 9.17) is 0 Å². The van der Waals surface area contributed by atoms with E-state index in [1.807, 2.05) is 24.3 Å². The third kappa shape index (κ3) is 1.09. The quantitative estimate of drug-likeness (QED) is 0.706. The molecule has 0 radical (unpaired) electrons. The molecule has 0 saturated heterocycles. The number of rotatable bonds is 1. The molecule has 0 fully saturated rings. The Balaban J connectivity index is 2.19. The lowest BCUT2D eigenvalue weighted by atomic mass is 9.70. The SMILES string of the molecule is OC[C@]12C=CCC[C@H]1c1ccccc1[C@H]2O. The van der Waals surface area contributed by atoms with Gasteiger partial charge in [0.2, 0.25) is 0 Å². The Bertz CT molecular complexity index is 438. The van der Waals surface area contributed by atoms with Gasteiger partial charge in [-0.05, 0) is 29.9 Å². The van der Waals surface area contributed by atoms with Crippen molar-refractivity contribution in [2.24, 2.45) is 5.41 Å². The summed E-state index contributed by atoms with van der Waals surface area (Å²) in [5.41, 5.74) is 1.74. The summed E-state index contributed by atoms with van der Waals surface area (Å²) in [7, 11) is 0. The van der Waals surface area contributed by atoms with Crippen LogP contribution >= 0.6 is 0 Å². The van der Waals surface area contributed by atoms with Crippen molar-refractivity contribution in [2.75, 3.05) is 6.61 Å². The van der Waals surface area contributed by atoms with Crippen LogP contribution in [0.5, 0.6) is 0 Å². The highest BCUT2D eigenvalue weighted by Gasteiger charge is 2.51. The van der Waals surface area contributed by atoms with Crippen molar-refractivity contribution in [1.82, 2.24) is 0 Å². The second-order valence-electron chi connectivity index (χ2n) is 4.83. The van der Waals surface area contributed by atoms with Crippen LogP contribution < -0.4 is 0 Å². The van der Waals surface area contributed by atoms with Crippen LogP contribution in [0.25, 0.3) is 0 Å². The van der Waals surface area contributed by atoms with Gasteiger partial charge in [0.25, 0.3) is 0 Å². The smallest absolute Gasteiger partial charge is 0.0911 e. The molecule has 3 atom stereocenters. The van der Waals surface area contributed by atoms with Crippen LogP contribution in [0.4, 0.5) is 0 Å². The first-order valence-corrected chi connectivity index (χ1v) is 5.85. The molecule has 0 heterocycles. The molecule has 2 nitrogen and oxygen atoms in total. The monoisotopic (exact) mass is 216 g/mol. The fourth-order valence-electron chi connectivity index (χ4n) is 3.29. The second-order valence-corrected chi connectivity index (χ2v) is 4.83. The molecule has 0 unspecified atom stereocenters. The lowest BCUT2D eigenvalue weighted by molar-refractivity contribution is 0.00758. The summed E-state index contributed by atoms with van der Waals surface area (Å²) in [6.45, 7) is 0.0179. The van der Waals surface area contributed by atoms with E-state index in [0.717, 1.165) is 18.4 Å². The Morgan fingerprint density at radius 1 is 1.25 bits per heavy atom. The van der Waals surface area contributed by atoms with E-state index >= 15 is 0 Å². The molecule has 0 amide bonds. The molecule has 0 aliphatic heterocycles. The molecule has 1 aromatic rings. The van der Waals surface area contributed by atoms with Crippen LogP contribution in [0, 0.1) is 5.41 Å². The maximum atomic E-state index is 10.4. The molecular weight excluding hydrogens is 200 g/mol. The first-order chi connectivity index (χ1) is 7.79. The van der Waals surface area contributed by atoms with Crippen molar-refractivity contribution in [2.45, 2.75) is 24.9 Å². The molecule has 0 aromatic heterocycles. The summed E-state index contributed by atoms with van der Waals surface area (Å²) in [5, 5.41) is 20.1.